The molecule has 2 aromatic rings. The molecule has 20 heavy (non-hydrogen) atoms. The van der Waals surface area contributed by atoms with Crippen molar-refractivity contribution in [2.75, 3.05) is 0 Å². The Labute approximate surface area is 122 Å². The van der Waals surface area contributed by atoms with Crippen LogP contribution in [0.4, 0.5) is 4.39 Å². The molecule has 0 amide bonds. The number of benzene rings is 2. The molecule has 3 N–H and O–H groups in total. The maximum absolute atomic E-state index is 13.1. The first kappa shape index (κ1) is 13.6. The molecular formula is C16H16ClFN2. The normalized spacial score (nSPS) is 22.6. The second-order valence-corrected chi connectivity index (χ2v) is 5.63. The lowest BCUT2D eigenvalue weighted by atomic mass is 9.99. The standard InChI is InChI=1S/C16H16ClFN2/c17-15-8-11(18)6-7-12(15)16(20-19)14-9-13(14)10-4-2-1-3-5-10/h1-8,13-14,16,20H,9,19H2. The highest BCUT2D eigenvalue weighted by atomic mass is 35.5. The summed E-state index contributed by atoms with van der Waals surface area (Å²) in [7, 11) is 0. The quantitative estimate of drug-likeness (QED) is 0.664. The topological polar surface area (TPSA) is 38.0 Å². The Hall–Kier alpha value is -1.42. The van der Waals surface area contributed by atoms with Crippen LogP contribution in [-0.2, 0) is 0 Å². The summed E-state index contributed by atoms with van der Waals surface area (Å²) in [6.45, 7) is 0. The van der Waals surface area contributed by atoms with Crippen molar-refractivity contribution in [3.05, 3.63) is 70.5 Å². The number of hydrazine groups is 1. The molecule has 3 atom stereocenters. The van der Waals surface area contributed by atoms with Crippen LogP contribution >= 0.6 is 11.6 Å². The van der Waals surface area contributed by atoms with Crippen molar-refractivity contribution in [1.29, 1.82) is 0 Å². The summed E-state index contributed by atoms with van der Waals surface area (Å²) in [5, 5.41) is 0.423. The monoisotopic (exact) mass is 290 g/mol. The molecule has 1 aliphatic rings. The van der Waals surface area contributed by atoms with Crippen LogP contribution in [0.15, 0.2) is 48.5 Å². The second-order valence-electron chi connectivity index (χ2n) is 5.23. The number of rotatable bonds is 4. The maximum atomic E-state index is 13.1. The summed E-state index contributed by atoms with van der Waals surface area (Å²) < 4.78 is 13.1. The van der Waals surface area contributed by atoms with Crippen molar-refractivity contribution in [3.8, 4) is 0 Å². The second kappa shape index (κ2) is 5.52. The highest BCUT2D eigenvalue weighted by Gasteiger charge is 2.44. The Morgan fingerprint density at radius 1 is 1.20 bits per heavy atom. The van der Waals surface area contributed by atoms with Gasteiger partial charge in [-0.1, -0.05) is 48.0 Å². The van der Waals surface area contributed by atoms with Crippen LogP contribution in [0.1, 0.15) is 29.5 Å². The average molecular weight is 291 g/mol. The lowest BCUT2D eigenvalue weighted by Crippen LogP contribution is -2.30. The van der Waals surface area contributed by atoms with E-state index in [1.54, 1.807) is 6.07 Å². The SMILES string of the molecule is NNC(c1ccc(F)cc1Cl)C1CC1c1ccccc1. The molecule has 0 aromatic heterocycles. The van der Waals surface area contributed by atoms with Gasteiger partial charge in [-0.15, -0.1) is 0 Å². The summed E-state index contributed by atoms with van der Waals surface area (Å²) >= 11 is 6.13. The molecule has 0 bridgehead atoms. The largest absolute Gasteiger partial charge is 0.271 e. The molecule has 0 radical (unpaired) electrons. The van der Waals surface area contributed by atoms with Crippen molar-refractivity contribution in [1.82, 2.24) is 5.43 Å². The molecule has 2 nitrogen and oxygen atoms in total. The van der Waals surface area contributed by atoms with Gasteiger partial charge in [0, 0.05) is 5.02 Å². The van der Waals surface area contributed by atoms with Crippen LogP contribution in [0.25, 0.3) is 0 Å². The fraction of sp³-hybridized carbons (Fsp3) is 0.250. The molecular weight excluding hydrogens is 275 g/mol. The third kappa shape index (κ3) is 2.57. The van der Waals surface area contributed by atoms with E-state index < -0.39 is 0 Å². The van der Waals surface area contributed by atoms with Gasteiger partial charge in [-0.3, -0.25) is 11.3 Å². The third-order valence-electron chi connectivity index (χ3n) is 3.97. The zero-order valence-corrected chi connectivity index (χ0v) is 11.6. The van der Waals surface area contributed by atoms with E-state index in [1.165, 1.54) is 17.7 Å². The first-order valence-electron chi connectivity index (χ1n) is 6.66. The molecule has 0 aliphatic heterocycles. The van der Waals surface area contributed by atoms with Crippen molar-refractivity contribution in [2.45, 2.75) is 18.4 Å². The van der Waals surface area contributed by atoms with Crippen molar-refractivity contribution in [2.24, 2.45) is 11.8 Å². The molecule has 3 rings (SSSR count). The fourth-order valence-electron chi connectivity index (χ4n) is 2.86. The van der Waals surface area contributed by atoms with Gasteiger partial charge in [-0.25, -0.2) is 4.39 Å². The van der Waals surface area contributed by atoms with Crippen LogP contribution in [0, 0.1) is 11.7 Å². The van der Waals surface area contributed by atoms with Gasteiger partial charge in [0.2, 0.25) is 0 Å². The van der Waals surface area contributed by atoms with Crippen LogP contribution in [0.2, 0.25) is 5.02 Å². The summed E-state index contributed by atoms with van der Waals surface area (Å²) in [4.78, 5) is 0. The van der Waals surface area contributed by atoms with E-state index >= 15 is 0 Å². The minimum Gasteiger partial charge on any atom is -0.271 e. The number of nitrogens with one attached hydrogen (secondary N) is 1. The summed E-state index contributed by atoms with van der Waals surface area (Å²) in [5.74, 6) is 6.24. The van der Waals surface area contributed by atoms with Crippen LogP contribution in [0.3, 0.4) is 0 Å². The summed E-state index contributed by atoms with van der Waals surface area (Å²) in [6, 6.07) is 14.8. The van der Waals surface area contributed by atoms with E-state index in [0.717, 1.165) is 12.0 Å². The zero-order valence-electron chi connectivity index (χ0n) is 10.9. The molecule has 1 saturated carbocycles. The maximum Gasteiger partial charge on any atom is 0.124 e. The van der Waals surface area contributed by atoms with E-state index in [9.17, 15) is 4.39 Å². The van der Waals surface area contributed by atoms with Gasteiger partial charge < -0.3 is 0 Å². The Bertz CT molecular complexity index is 603. The van der Waals surface area contributed by atoms with Gasteiger partial charge in [-0.05, 0) is 41.5 Å². The van der Waals surface area contributed by atoms with Crippen molar-refractivity contribution >= 4 is 11.6 Å². The first-order chi connectivity index (χ1) is 9.70. The van der Waals surface area contributed by atoms with Gasteiger partial charge in [0.05, 0.1) is 6.04 Å². The molecule has 104 valence electrons. The molecule has 2 aromatic carbocycles. The van der Waals surface area contributed by atoms with E-state index in [1.807, 2.05) is 18.2 Å². The lowest BCUT2D eigenvalue weighted by molar-refractivity contribution is 0.486. The Balaban J connectivity index is 1.82. The smallest absolute Gasteiger partial charge is 0.124 e. The number of nitrogens with two attached hydrogens (primary N) is 1. The third-order valence-corrected chi connectivity index (χ3v) is 4.30. The molecule has 0 heterocycles. The minimum absolute atomic E-state index is 0.0479. The molecule has 1 fully saturated rings. The van der Waals surface area contributed by atoms with Crippen LogP contribution < -0.4 is 11.3 Å². The molecule has 1 aliphatic carbocycles. The van der Waals surface area contributed by atoms with E-state index in [2.05, 4.69) is 17.6 Å². The predicted molar refractivity (Wildman–Crippen MR) is 78.8 cm³/mol. The number of halogens is 2. The fourth-order valence-corrected chi connectivity index (χ4v) is 3.15. The average Bonchev–Trinajstić information content (AvgIpc) is 3.23. The number of hydrogen-bond acceptors (Lipinski definition) is 2. The van der Waals surface area contributed by atoms with E-state index in [4.69, 9.17) is 17.4 Å². The minimum atomic E-state index is -0.329. The zero-order chi connectivity index (χ0) is 14.1. The molecule has 0 saturated heterocycles. The van der Waals surface area contributed by atoms with Crippen LogP contribution in [-0.4, -0.2) is 0 Å². The van der Waals surface area contributed by atoms with E-state index in [0.29, 0.717) is 16.9 Å². The molecule has 3 unspecified atom stereocenters. The molecule has 4 heteroatoms. The highest BCUT2D eigenvalue weighted by molar-refractivity contribution is 6.31. The van der Waals surface area contributed by atoms with Gasteiger partial charge >= 0.3 is 0 Å². The number of hydrogen-bond donors (Lipinski definition) is 2. The van der Waals surface area contributed by atoms with Crippen molar-refractivity contribution < 1.29 is 4.39 Å². The van der Waals surface area contributed by atoms with Gasteiger partial charge in [-0.2, -0.15) is 0 Å². The van der Waals surface area contributed by atoms with Gasteiger partial charge in [0.1, 0.15) is 5.82 Å². The van der Waals surface area contributed by atoms with Gasteiger partial charge in [0.15, 0.2) is 0 Å². The van der Waals surface area contributed by atoms with Crippen molar-refractivity contribution in [3.63, 3.8) is 0 Å². The van der Waals surface area contributed by atoms with Gasteiger partial charge in [0.25, 0.3) is 0 Å². The first-order valence-corrected chi connectivity index (χ1v) is 7.04. The summed E-state index contributed by atoms with van der Waals surface area (Å²) in [6.07, 6.45) is 1.06. The summed E-state index contributed by atoms with van der Waals surface area (Å²) in [5.41, 5.74) is 5.01. The highest BCUT2D eigenvalue weighted by Crippen LogP contribution is 2.54. The lowest BCUT2D eigenvalue weighted by Gasteiger charge is -2.18. The van der Waals surface area contributed by atoms with E-state index in [-0.39, 0.29) is 11.9 Å². The Morgan fingerprint density at radius 2 is 1.95 bits per heavy atom. The Kier molecular flexibility index (Phi) is 3.74. The van der Waals surface area contributed by atoms with Crippen LogP contribution in [0.5, 0.6) is 0 Å². The predicted octanol–water partition coefficient (Wildman–Crippen LogP) is 3.79. The molecule has 0 spiro atoms. The Morgan fingerprint density at radius 3 is 2.60 bits per heavy atom.